The van der Waals surface area contributed by atoms with Gasteiger partial charge < -0.3 is 10.1 Å². The summed E-state index contributed by atoms with van der Waals surface area (Å²) in [6.07, 6.45) is 10.7. The lowest BCUT2D eigenvalue weighted by Crippen LogP contribution is -2.60. The second-order valence-corrected chi connectivity index (χ2v) is 6.52. The van der Waals surface area contributed by atoms with Crippen LogP contribution in [-0.2, 0) is 0 Å². The van der Waals surface area contributed by atoms with E-state index in [4.69, 9.17) is 4.74 Å². The highest BCUT2D eigenvalue weighted by Crippen LogP contribution is 2.47. The molecule has 0 radical (unpaired) electrons. The largest absolute Gasteiger partial charge is 0.494 e. The average Bonchev–Trinajstić information content (AvgIpc) is 2.86. The van der Waals surface area contributed by atoms with Gasteiger partial charge in [0.25, 0.3) is 5.91 Å². The summed E-state index contributed by atoms with van der Waals surface area (Å²) < 4.78 is 7.08. The zero-order valence-corrected chi connectivity index (χ0v) is 12.8. The van der Waals surface area contributed by atoms with Crippen molar-refractivity contribution in [1.29, 1.82) is 0 Å². The number of aromatic nitrogens is 2. The molecule has 4 rings (SSSR count). The Morgan fingerprint density at radius 3 is 2.82 bits per heavy atom. The van der Waals surface area contributed by atoms with Crippen molar-refractivity contribution in [1.82, 2.24) is 14.9 Å². The van der Waals surface area contributed by atoms with Gasteiger partial charge in [0.1, 0.15) is 11.3 Å². The highest BCUT2D eigenvalue weighted by Gasteiger charge is 2.47. The second kappa shape index (κ2) is 5.00. The molecule has 2 aromatic rings. The molecule has 2 heterocycles. The molecule has 2 fully saturated rings. The van der Waals surface area contributed by atoms with E-state index in [1.54, 1.807) is 17.8 Å². The first-order valence-corrected chi connectivity index (χ1v) is 8.06. The van der Waals surface area contributed by atoms with Crippen LogP contribution in [0.25, 0.3) is 5.52 Å². The third kappa shape index (κ3) is 1.91. The minimum atomic E-state index is -0.0221. The summed E-state index contributed by atoms with van der Waals surface area (Å²) in [6, 6.07) is 3.72. The summed E-state index contributed by atoms with van der Waals surface area (Å²) in [4.78, 5) is 12.8. The number of carbonyl (C=O) groups is 1. The van der Waals surface area contributed by atoms with Gasteiger partial charge in [0.2, 0.25) is 0 Å². The summed E-state index contributed by atoms with van der Waals surface area (Å²) >= 11 is 0. The van der Waals surface area contributed by atoms with Gasteiger partial charge in [-0.3, -0.25) is 4.79 Å². The standard InChI is InChI=1S/C17H21N3O2/c1-22-14-7-3-10-20-15(14)13(11-18-20)16(21)19-17(8-4-9-17)12-5-2-6-12/h3,7,10-12H,2,4-6,8-9H2,1H3,(H,19,21). The lowest BCUT2D eigenvalue weighted by molar-refractivity contribution is 0.0430. The number of fused-ring (bicyclic) bond motifs is 1. The van der Waals surface area contributed by atoms with Crippen molar-refractivity contribution in [3.05, 3.63) is 30.1 Å². The number of amides is 1. The number of methoxy groups -OCH3 is 1. The SMILES string of the molecule is COc1cccn2ncc(C(=O)NC3(C4CCC4)CCC3)c12. The monoisotopic (exact) mass is 299 g/mol. The Balaban J connectivity index is 1.65. The Morgan fingerprint density at radius 1 is 1.41 bits per heavy atom. The van der Waals surface area contributed by atoms with E-state index in [-0.39, 0.29) is 11.4 Å². The number of carbonyl (C=O) groups excluding carboxylic acids is 1. The van der Waals surface area contributed by atoms with E-state index in [0.29, 0.717) is 17.2 Å². The quantitative estimate of drug-likeness (QED) is 0.944. The molecule has 0 aliphatic heterocycles. The first kappa shape index (κ1) is 13.6. The second-order valence-electron chi connectivity index (χ2n) is 6.52. The maximum absolute atomic E-state index is 12.8. The predicted octanol–water partition coefficient (Wildman–Crippen LogP) is 2.80. The van der Waals surface area contributed by atoms with Crippen LogP contribution in [0.3, 0.4) is 0 Å². The molecule has 0 saturated heterocycles. The predicted molar refractivity (Wildman–Crippen MR) is 83.1 cm³/mol. The fraction of sp³-hybridized carbons (Fsp3) is 0.529. The number of ether oxygens (including phenoxy) is 1. The molecule has 2 saturated carbocycles. The van der Waals surface area contributed by atoms with Crippen LogP contribution in [0.5, 0.6) is 5.75 Å². The van der Waals surface area contributed by atoms with Crippen molar-refractivity contribution in [3.8, 4) is 5.75 Å². The van der Waals surface area contributed by atoms with E-state index in [9.17, 15) is 4.79 Å². The van der Waals surface area contributed by atoms with Crippen molar-refractivity contribution < 1.29 is 9.53 Å². The van der Waals surface area contributed by atoms with Gasteiger partial charge in [0.05, 0.1) is 18.9 Å². The lowest BCUT2D eigenvalue weighted by atomic mass is 9.61. The van der Waals surface area contributed by atoms with Gasteiger partial charge >= 0.3 is 0 Å². The number of hydrogen-bond donors (Lipinski definition) is 1. The van der Waals surface area contributed by atoms with Crippen LogP contribution in [0.1, 0.15) is 48.9 Å². The summed E-state index contributed by atoms with van der Waals surface area (Å²) in [5.41, 5.74) is 1.37. The Labute approximate surface area is 129 Å². The van der Waals surface area contributed by atoms with Crippen molar-refractivity contribution in [2.45, 2.75) is 44.1 Å². The Hall–Kier alpha value is -2.04. The molecule has 5 heteroatoms. The first-order chi connectivity index (χ1) is 10.7. The normalized spacial score (nSPS) is 20.2. The molecule has 0 aromatic carbocycles. The molecule has 1 N–H and O–H groups in total. The number of hydrogen-bond acceptors (Lipinski definition) is 3. The molecule has 0 unspecified atom stereocenters. The van der Waals surface area contributed by atoms with Crippen LogP contribution in [0.2, 0.25) is 0 Å². The zero-order valence-electron chi connectivity index (χ0n) is 12.8. The van der Waals surface area contributed by atoms with Gasteiger partial charge in [-0.15, -0.1) is 0 Å². The van der Waals surface area contributed by atoms with Gasteiger partial charge in [-0.1, -0.05) is 6.42 Å². The number of rotatable bonds is 4. The molecule has 0 atom stereocenters. The van der Waals surface area contributed by atoms with Crippen LogP contribution < -0.4 is 10.1 Å². The zero-order chi connectivity index (χ0) is 15.2. The van der Waals surface area contributed by atoms with Gasteiger partial charge in [-0.2, -0.15) is 5.10 Å². The number of pyridine rings is 1. The van der Waals surface area contributed by atoms with Crippen molar-refractivity contribution in [3.63, 3.8) is 0 Å². The molecule has 2 aliphatic carbocycles. The summed E-state index contributed by atoms with van der Waals surface area (Å²) in [7, 11) is 1.62. The van der Waals surface area contributed by atoms with E-state index < -0.39 is 0 Å². The maximum atomic E-state index is 12.8. The third-order valence-electron chi connectivity index (χ3n) is 5.46. The molecule has 116 valence electrons. The van der Waals surface area contributed by atoms with E-state index in [0.717, 1.165) is 18.4 Å². The molecule has 2 aliphatic rings. The van der Waals surface area contributed by atoms with Crippen LogP contribution >= 0.6 is 0 Å². The van der Waals surface area contributed by atoms with Crippen molar-refractivity contribution in [2.24, 2.45) is 5.92 Å². The Kier molecular flexibility index (Phi) is 3.10. The fourth-order valence-corrected chi connectivity index (χ4v) is 3.79. The van der Waals surface area contributed by atoms with E-state index in [1.165, 1.54) is 25.7 Å². The fourth-order valence-electron chi connectivity index (χ4n) is 3.79. The van der Waals surface area contributed by atoms with Crippen LogP contribution in [0.4, 0.5) is 0 Å². The highest BCUT2D eigenvalue weighted by atomic mass is 16.5. The van der Waals surface area contributed by atoms with Crippen LogP contribution in [0.15, 0.2) is 24.5 Å². The molecule has 2 aromatic heterocycles. The molecule has 5 nitrogen and oxygen atoms in total. The molecule has 22 heavy (non-hydrogen) atoms. The molecular weight excluding hydrogens is 278 g/mol. The third-order valence-corrected chi connectivity index (χ3v) is 5.46. The Morgan fingerprint density at radius 2 is 2.23 bits per heavy atom. The first-order valence-electron chi connectivity index (χ1n) is 8.06. The summed E-state index contributed by atoms with van der Waals surface area (Å²) in [6.45, 7) is 0. The molecule has 0 bridgehead atoms. The summed E-state index contributed by atoms with van der Waals surface area (Å²) in [5, 5.41) is 7.61. The van der Waals surface area contributed by atoms with Gasteiger partial charge in [-0.05, 0) is 50.2 Å². The smallest absolute Gasteiger partial charge is 0.255 e. The van der Waals surface area contributed by atoms with Crippen LogP contribution in [-0.4, -0.2) is 28.2 Å². The molecule has 0 spiro atoms. The highest BCUT2D eigenvalue weighted by molar-refractivity contribution is 6.02. The van der Waals surface area contributed by atoms with Gasteiger partial charge in [0, 0.05) is 11.7 Å². The van der Waals surface area contributed by atoms with E-state index in [2.05, 4.69) is 10.4 Å². The van der Waals surface area contributed by atoms with Crippen molar-refractivity contribution >= 4 is 11.4 Å². The Bertz CT molecular complexity index is 714. The lowest BCUT2D eigenvalue weighted by Gasteiger charge is -2.52. The van der Waals surface area contributed by atoms with Gasteiger partial charge in [0.15, 0.2) is 0 Å². The minimum absolute atomic E-state index is 0.0221. The number of nitrogens with zero attached hydrogens (tertiary/aromatic N) is 2. The summed E-state index contributed by atoms with van der Waals surface area (Å²) in [5.74, 6) is 1.32. The van der Waals surface area contributed by atoms with Crippen molar-refractivity contribution in [2.75, 3.05) is 7.11 Å². The minimum Gasteiger partial charge on any atom is -0.494 e. The molecular formula is C17H21N3O2. The van der Waals surface area contributed by atoms with E-state index >= 15 is 0 Å². The van der Waals surface area contributed by atoms with Crippen LogP contribution in [0, 0.1) is 5.92 Å². The molecule has 1 amide bonds. The average molecular weight is 299 g/mol. The number of nitrogens with one attached hydrogen (secondary N) is 1. The van der Waals surface area contributed by atoms with E-state index in [1.807, 2.05) is 18.3 Å². The van der Waals surface area contributed by atoms with Gasteiger partial charge in [-0.25, -0.2) is 4.52 Å². The maximum Gasteiger partial charge on any atom is 0.255 e. The topological polar surface area (TPSA) is 55.6 Å².